The zero-order chi connectivity index (χ0) is 16.1. The molecule has 0 radical (unpaired) electrons. The number of pyridine rings is 1. The Balaban J connectivity index is 1.78. The molecule has 0 atom stereocenters. The molecule has 2 N–H and O–H groups in total. The van der Waals surface area contributed by atoms with Gasteiger partial charge in [0.15, 0.2) is 5.82 Å². The lowest BCUT2D eigenvalue weighted by Crippen LogP contribution is -2.13. The molecule has 0 unspecified atom stereocenters. The van der Waals surface area contributed by atoms with Gasteiger partial charge in [0.05, 0.1) is 23.6 Å². The van der Waals surface area contributed by atoms with Gasteiger partial charge in [-0.2, -0.15) is 5.10 Å². The lowest BCUT2D eigenvalue weighted by Gasteiger charge is -2.08. The van der Waals surface area contributed by atoms with Gasteiger partial charge in [-0.3, -0.25) is 14.9 Å². The van der Waals surface area contributed by atoms with Crippen LogP contribution in [0, 0.1) is 0 Å². The van der Waals surface area contributed by atoms with Crippen LogP contribution in [0.4, 0.5) is 5.82 Å². The van der Waals surface area contributed by atoms with Crippen LogP contribution in [0.25, 0.3) is 11.4 Å². The smallest absolute Gasteiger partial charge is 0.260 e. The second-order valence-corrected chi connectivity index (χ2v) is 4.77. The van der Waals surface area contributed by atoms with Gasteiger partial charge in [0.1, 0.15) is 5.75 Å². The van der Waals surface area contributed by atoms with E-state index in [2.05, 4.69) is 20.5 Å². The van der Waals surface area contributed by atoms with Crippen molar-refractivity contribution in [3.8, 4) is 17.1 Å². The summed E-state index contributed by atoms with van der Waals surface area (Å²) in [6.45, 7) is 2.37. The third-order valence-electron chi connectivity index (χ3n) is 3.19. The molecule has 116 valence electrons. The molecule has 0 aliphatic rings. The first-order chi connectivity index (χ1) is 11.3. The number of nitrogens with zero attached hydrogens (tertiary/aromatic N) is 2. The topological polar surface area (TPSA) is 79.9 Å². The normalized spacial score (nSPS) is 10.3. The van der Waals surface area contributed by atoms with Gasteiger partial charge in [-0.15, -0.1) is 0 Å². The van der Waals surface area contributed by atoms with Crippen LogP contribution in [0.5, 0.6) is 5.75 Å². The molecule has 23 heavy (non-hydrogen) atoms. The predicted octanol–water partition coefficient (Wildman–Crippen LogP) is 3.12. The van der Waals surface area contributed by atoms with E-state index in [1.165, 1.54) is 0 Å². The highest BCUT2D eigenvalue weighted by Gasteiger charge is 2.14. The second kappa shape index (κ2) is 6.74. The summed E-state index contributed by atoms with van der Waals surface area (Å²) in [5, 5.41) is 9.71. The van der Waals surface area contributed by atoms with Crippen LogP contribution in [0.15, 0.2) is 54.7 Å². The first-order valence-electron chi connectivity index (χ1n) is 7.28. The first-order valence-corrected chi connectivity index (χ1v) is 7.28. The standard InChI is InChI=1S/C17H16N4O2/c1-2-23-15-9-4-3-7-12(15)17(22)19-16-11-14(20-21-16)13-8-5-6-10-18-13/h3-11H,2H2,1H3,(H2,19,20,21,22). The molecule has 0 spiro atoms. The van der Waals surface area contributed by atoms with E-state index < -0.39 is 0 Å². The van der Waals surface area contributed by atoms with E-state index in [4.69, 9.17) is 4.74 Å². The zero-order valence-electron chi connectivity index (χ0n) is 12.6. The molecule has 0 saturated carbocycles. The van der Waals surface area contributed by atoms with E-state index in [0.29, 0.717) is 23.7 Å². The van der Waals surface area contributed by atoms with Crippen LogP contribution in [0.1, 0.15) is 17.3 Å². The highest BCUT2D eigenvalue weighted by Crippen LogP contribution is 2.21. The predicted molar refractivity (Wildman–Crippen MR) is 87.4 cm³/mol. The molecular formula is C17H16N4O2. The van der Waals surface area contributed by atoms with Crippen molar-refractivity contribution in [3.63, 3.8) is 0 Å². The van der Waals surface area contributed by atoms with Gasteiger partial charge in [-0.1, -0.05) is 18.2 Å². The number of hydrogen-bond acceptors (Lipinski definition) is 4. The van der Waals surface area contributed by atoms with Crippen molar-refractivity contribution >= 4 is 11.7 Å². The third-order valence-corrected chi connectivity index (χ3v) is 3.19. The quantitative estimate of drug-likeness (QED) is 0.759. The lowest BCUT2D eigenvalue weighted by atomic mass is 10.2. The lowest BCUT2D eigenvalue weighted by molar-refractivity contribution is 0.102. The Labute approximate surface area is 133 Å². The summed E-state index contributed by atoms with van der Waals surface area (Å²) in [7, 11) is 0. The van der Waals surface area contributed by atoms with Gasteiger partial charge in [0.25, 0.3) is 5.91 Å². The number of aromatic nitrogens is 3. The minimum absolute atomic E-state index is 0.270. The molecule has 0 saturated heterocycles. The van der Waals surface area contributed by atoms with Crippen molar-refractivity contribution in [2.45, 2.75) is 6.92 Å². The fourth-order valence-electron chi connectivity index (χ4n) is 2.16. The molecule has 0 aliphatic heterocycles. The van der Waals surface area contributed by atoms with Gasteiger partial charge >= 0.3 is 0 Å². The van der Waals surface area contributed by atoms with Crippen molar-refractivity contribution in [1.82, 2.24) is 15.2 Å². The molecular weight excluding hydrogens is 292 g/mol. The van der Waals surface area contributed by atoms with Crippen molar-refractivity contribution in [3.05, 3.63) is 60.3 Å². The van der Waals surface area contributed by atoms with Crippen molar-refractivity contribution in [2.75, 3.05) is 11.9 Å². The van der Waals surface area contributed by atoms with Gasteiger partial charge < -0.3 is 10.1 Å². The van der Waals surface area contributed by atoms with Gasteiger partial charge in [-0.05, 0) is 31.2 Å². The summed E-state index contributed by atoms with van der Waals surface area (Å²) < 4.78 is 5.47. The average molecular weight is 308 g/mol. The van der Waals surface area contributed by atoms with E-state index in [9.17, 15) is 4.79 Å². The van der Waals surface area contributed by atoms with Gasteiger partial charge in [0, 0.05) is 12.3 Å². The third kappa shape index (κ3) is 3.37. The Bertz CT molecular complexity index is 799. The molecule has 0 aliphatic carbocycles. The highest BCUT2D eigenvalue weighted by atomic mass is 16.5. The number of nitrogens with one attached hydrogen (secondary N) is 2. The first kappa shape index (κ1) is 14.8. The van der Waals surface area contributed by atoms with Crippen LogP contribution < -0.4 is 10.1 Å². The molecule has 6 nitrogen and oxygen atoms in total. The van der Waals surface area contributed by atoms with Gasteiger partial charge in [0.2, 0.25) is 0 Å². The SMILES string of the molecule is CCOc1ccccc1C(=O)Nc1cc(-c2ccccn2)[nH]n1. The number of H-pyrrole nitrogens is 1. The second-order valence-electron chi connectivity index (χ2n) is 4.77. The fraction of sp³-hybridized carbons (Fsp3) is 0.118. The van der Waals surface area contributed by atoms with Crippen molar-refractivity contribution in [1.29, 1.82) is 0 Å². The Kier molecular flexibility index (Phi) is 4.33. The van der Waals surface area contributed by atoms with E-state index in [-0.39, 0.29) is 5.91 Å². The number of anilines is 1. The van der Waals surface area contributed by atoms with Crippen LogP contribution in [0.2, 0.25) is 0 Å². The molecule has 2 aromatic heterocycles. The number of benzene rings is 1. The number of carbonyl (C=O) groups excluding carboxylic acids is 1. The number of para-hydroxylation sites is 1. The van der Waals surface area contributed by atoms with E-state index in [1.54, 1.807) is 30.5 Å². The largest absolute Gasteiger partial charge is 0.493 e. The average Bonchev–Trinajstić information content (AvgIpc) is 3.05. The zero-order valence-corrected chi connectivity index (χ0v) is 12.6. The van der Waals surface area contributed by atoms with Crippen molar-refractivity contribution in [2.24, 2.45) is 0 Å². The summed E-state index contributed by atoms with van der Waals surface area (Å²) >= 11 is 0. The number of amides is 1. The highest BCUT2D eigenvalue weighted by molar-refractivity contribution is 6.05. The van der Waals surface area contributed by atoms with E-state index in [1.807, 2.05) is 31.2 Å². The summed E-state index contributed by atoms with van der Waals surface area (Å²) in [6, 6.07) is 14.4. The van der Waals surface area contributed by atoms with Crippen LogP contribution in [-0.4, -0.2) is 27.7 Å². The number of rotatable bonds is 5. The minimum atomic E-state index is -0.270. The molecule has 0 fully saturated rings. The maximum Gasteiger partial charge on any atom is 0.260 e. The maximum absolute atomic E-state index is 12.4. The molecule has 1 aromatic carbocycles. The van der Waals surface area contributed by atoms with Crippen LogP contribution in [-0.2, 0) is 0 Å². The summed E-state index contributed by atoms with van der Waals surface area (Å²) in [5.74, 6) is 0.711. The molecule has 3 rings (SSSR count). The van der Waals surface area contributed by atoms with E-state index in [0.717, 1.165) is 11.4 Å². The molecule has 6 heteroatoms. The Morgan fingerprint density at radius 1 is 1.22 bits per heavy atom. The summed E-state index contributed by atoms with van der Waals surface area (Å²) in [6.07, 6.45) is 1.70. The molecule has 2 heterocycles. The minimum Gasteiger partial charge on any atom is -0.493 e. The fourth-order valence-corrected chi connectivity index (χ4v) is 2.16. The van der Waals surface area contributed by atoms with E-state index >= 15 is 0 Å². The van der Waals surface area contributed by atoms with Crippen LogP contribution in [0.3, 0.4) is 0 Å². The molecule has 0 bridgehead atoms. The summed E-state index contributed by atoms with van der Waals surface area (Å²) in [5.41, 5.74) is 1.96. The molecule has 3 aromatic rings. The Hall–Kier alpha value is -3.15. The number of carbonyl (C=O) groups is 1. The van der Waals surface area contributed by atoms with Gasteiger partial charge in [-0.25, -0.2) is 0 Å². The Morgan fingerprint density at radius 3 is 2.83 bits per heavy atom. The summed E-state index contributed by atoms with van der Waals surface area (Å²) in [4.78, 5) is 16.6. The number of ether oxygens (including phenoxy) is 1. The number of aromatic amines is 1. The monoisotopic (exact) mass is 308 g/mol. The number of hydrogen-bond donors (Lipinski definition) is 2. The van der Waals surface area contributed by atoms with Crippen LogP contribution >= 0.6 is 0 Å². The maximum atomic E-state index is 12.4. The van der Waals surface area contributed by atoms with Crippen molar-refractivity contribution < 1.29 is 9.53 Å². The Morgan fingerprint density at radius 2 is 2.04 bits per heavy atom. The molecule has 1 amide bonds.